The van der Waals surface area contributed by atoms with Gasteiger partial charge in [0.25, 0.3) is 0 Å². The van der Waals surface area contributed by atoms with Gasteiger partial charge in [0.1, 0.15) is 0 Å². The summed E-state index contributed by atoms with van der Waals surface area (Å²) in [6.07, 6.45) is 0.960. The van der Waals surface area contributed by atoms with Crippen LogP contribution in [0.25, 0.3) is 88.0 Å². The summed E-state index contributed by atoms with van der Waals surface area (Å²) >= 11 is 0. The second-order valence-electron chi connectivity index (χ2n) is 23.4. The first-order chi connectivity index (χ1) is 39.6. The van der Waals surface area contributed by atoms with E-state index in [0.717, 1.165) is 23.5 Å². The van der Waals surface area contributed by atoms with E-state index in [1.807, 2.05) is 0 Å². The highest BCUT2D eigenvalue weighted by Crippen LogP contribution is 2.57. The summed E-state index contributed by atoms with van der Waals surface area (Å²) in [5.74, 6) is 0. The van der Waals surface area contributed by atoms with Crippen LogP contribution in [0.15, 0.2) is 267 Å². The fourth-order valence-electron chi connectivity index (χ4n) is 13.7. The molecule has 0 saturated carbocycles. The number of anilines is 3. The second-order valence-corrected chi connectivity index (χ2v) is 23.4. The average Bonchev–Trinajstić information content (AvgIpc) is 2.50. The third kappa shape index (κ3) is 7.86. The minimum atomic E-state index is -0.126. The molecule has 2 aliphatic carbocycles. The Morgan fingerprint density at radius 1 is 0.309 bits per heavy atom. The summed E-state index contributed by atoms with van der Waals surface area (Å²) in [4.78, 5) is 2.41. The van der Waals surface area contributed by atoms with Crippen LogP contribution >= 0.6 is 0 Å². The highest BCUT2D eigenvalue weighted by atomic mass is 15.1. The first-order valence-electron chi connectivity index (χ1n) is 28.5. The number of hydrogen-bond donors (Lipinski definition) is 0. The van der Waals surface area contributed by atoms with E-state index in [4.69, 9.17) is 0 Å². The summed E-state index contributed by atoms with van der Waals surface area (Å²) in [5, 5.41) is 7.63. The molecule has 3 nitrogen and oxygen atoms in total. The van der Waals surface area contributed by atoms with Crippen LogP contribution in [0.4, 0.5) is 17.1 Å². The van der Waals surface area contributed by atoms with Crippen LogP contribution in [0, 0.1) is 6.92 Å². The first kappa shape index (κ1) is 48.4. The number of benzene rings is 12. The molecule has 0 unspecified atom stereocenters. The fraction of sp³-hybridized carbons (Fsp3) is 0.103. The van der Waals surface area contributed by atoms with Crippen molar-refractivity contribution in [3.05, 3.63) is 306 Å². The van der Waals surface area contributed by atoms with Crippen molar-refractivity contribution in [2.24, 2.45) is 0 Å². The maximum absolute atomic E-state index is 2.52. The van der Waals surface area contributed by atoms with Gasteiger partial charge in [0.2, 0.25) is 0 Å². The van der Waals surface area contributed by atoms with Gasteiger partial charge in [-0.2, -0.15) is 0 Å². The Hall–Kier alpha value is -9.70. The van der Waals surface area contributed by atoms with Crippen molar-refractivity contribution < 1.29 is 0 Å². The van der Waals surface area contributed by atoms with Crippen LogP contribution in [0.5, 0.6) is 0 Å². The quantitative estimate of drug-likeness (QED) is 0.155. The molecule has 0 amide bonds. The van der Waals surface area contributed by atoms with Crippen molar-refractivity contribution in [1.29, 1.82) is 0 Å². The lowest BCUT2D eigenvalue weighted by atomic mass is 9.79. The lowest BCUT2D eigenvalue weighted by Crippen LogP contribution is -2.17. The van der Waals surface area contributed by atoms with E-state index in [0.29, 0.717) is 0 Å². The molecule has 0 radical (unpaired) electrons. The van der Waals surface area contributed by atoms with Gasteiger partial charge < -0.3 is 14.0 Å². The number of hydrogen-bond acceptors (Lipinski definition) is 1. The number of aromatic nitrogens is 2. The van der Waals surface area contributed by atoms with E-state index in [2.05, 4.69) is 316 Å². The molecule has 0 bridgehead atoms. The molecule has 388 valence electrons. The number of nitrogens with zero attached hydrogens (tertiary/aromatic N) is 3. The maximum atomic E-state index is 2.52. The molecule has 16 rings (SSSR count). The van der Waals surface area contributed by atoms with E-state index in [-0.39, 0.29) is 10.8 Å². The molecular weight excluding hydrogens is 979 g/mol. The van der Waals surface area contributed by atoms with Crippen LogP contribution in [0.2, 0.25) is 0 Å². The topological polar surface area (TPSA) is 13.1 Å². The van der Waals surface area contributed by atoms with Crippen LogP contribution < -0.4 is 4.90 Å². The zero-order valence-electron chi connectivity index (χ0n) is 46.5. The lowest BCUT2D eigenvalue weighted by molar-refractivity contribution is 0.652. The number of aryl methyl sites for hydroxylation is 1. The zero-order valence-corrected chi connectivity index (χ0v) is 46.5. The monoisotopic (exact) mass is 1040 g/mol. The Bertz CT molecular complexity index is 4770. The largest absolute Gasteiger partial charge is 0.310 e. The highest BCUT2D eigenvalue weighted by molar-refractivity contribution is 6.11. The molecule has 12 aromatic carbocycles. The predicted molar refractivity (Wildman–Crippen MR) is 343 cm³/mol. The van der Waals surface area contributed by atoms with Gasteiger partial charge in [-0.3, -0.25) is 0 Å². The molecule has 0 aliphatic heterocycles. The number of para-hydroxylation sites is 5. The van der Waals surface area contributed by atoms with Gasteiger partial charge in [0, 0.05) is 60.8 Å². The van der Waals surface area contributed by atoms with Gasteiger partial charge in [-0.05, 0) is 195 Å². The lowest BCUT2D eigenvalue weighted by Gasteiger charge is -2.26. The molecule has 0 N–H and O–H groups in total. The van der Waals surface area contributed by atoms with Gasteiger partial charge in [-0.25, -0.2) is 0 Å². The van der Waals surface area contributed by atoms with Crippen molar-refractivity contribution in [2.45, 2.75) is 51.9 Å². The first-order valence-corrected chi connectivity index (χ1v) is 28.5. The highest BCUT2D eigenvalue weighted by Gasteiger charge is 2.42. The summed E-state index contributed by atoms with van der Waals surface area (Å²) < 4.78 is 4.74. The molecule has 81 heavy (non-hydrogen) atoms. The van der Waals surface area contributed by atoms with E-state index in [9.17, 15) is 0 Å². The second kappa shape index (κ2) is 18.7. The Labute approximate surface area is 474 Å². The minimum absolute atomic E-state index is 0.0370. The molecule has 0 spiro atoms. The Morgan fingerprint density at radius 2 is 0.778 bits per heavy atom. The predicted octanol–water partition coefficient (Wildman–Crippen LogP) is 20.7. The SMILES string of the molecule is Cc1ccc2c(c1)C(C)(C)c1cc3c(cc1-2)C(C)(C)c1cc2cc(N(c4ccccc4)c4ccc5c(c4)c4ccccc4n5-c4ccccc4)ccc2cc1-3.c1ccc(Cc2ccc3c(c2)c2ccccc2n3-c2ccccc2)cc1. The molecular formula is C78H61N3. The van der Waals surface area contributed by atoms with Crippen LogP contribution in [0.1, 0.15) is 66.6 Å². The summed E-state index contributed by atoms with van der Waals surface area (Å²) in [6, 6.07) is 98.0. The molecule has 0 atom stereocenters. The zero-order chi connectivity index (χ0) is 54.6. The Balaban J connectivity index is 0.000000181. The van der Waals surface area contributed by atoms with Gasteiger partial charge in [0.05, 0.1) is 22.1 Å². The van der Waals surface area contributed by atoms with E-state index < -0.39 is 0 Å². The van der Waals surface area contributed by atoms with Crippen LogP contribution in [-0.2, 0) is 17.3 Å². The van der Waals surface area contributed by atoms with Gasteiger partial charge >= 0.3 is 0 Å². The van der Waals surface area contributed by atoms with Crippen molar-refractivity contribution in [3.8, 4) is 33.6 Å². The van der Waals surface area contributed by atoms with E-state index >= 15 is 0 Å². The summed E-state index contributed by atoms with van der Waals surface area (Å²) in [6.45, 7) is 11.8. The molecule has 14 aromatic rings. The third-order valence-corrected chi connectivity index (χ3v) is 17.8. The van der Waals surface area contributed by atoms with Crippen molar-refractivity contribution >= 4 is 71.4 Å². The van der Waals surface area contributed by atoms with Gasteiger partial charge in [-0.1, -0.05) is 185 Å². The summed E-state index contributed by atoms with van der Waals surface area (Å²) in [5.41, 5.74) is 25.8. The molecule has 0 saturated heterocycles. The van der Waals surface area contributed by atoms with Gasteiger partial charge in [0.15, 0.2) is 0 Å². The van der Waals surface area contributed by atoms with E-state index in [1.54, 1.807) is 0 Å². The number of rotatable bonds is 7. The third-order valence-electron chi connectivity index (χ3n) is 17.8. The molecule has 0 fully saturated rings. The van der Waals surface area contributed by atoms with Crippen molar-refractivity contribution in [2.75, 3.05) is 4.90 Å². The molecule has 2 heterocycles. The average molecular weight is 1040 g/mol. The smallest absolute Gasteiger partial charge is 0.0542 e. The molecule has 2 aliphatic rings. The Kier molecular flexibility index (Phi) is 11.2. The van der Waals surface area contributed by atoms with E-state index in [1.165, 1.54) is 127 Å². The minimum Gasteiger partial charge on any atom is -0.310 e. The van der Waals surface area contributed by atoms with Gasteiger partial charge in [-0.15, -0.1) is 0 Å². The van der Waals surface area contributed by atoms with Crippen molar-refractivity contribution in [3.63, 3.8) is 0 Å². The Morgan fingerprint density at radius 3 is 1.41 bits per heavy atom. The standard InChI is InChI=1S/C53H42N2.C25H19N/c1-33-20-24-40-43-31-49-44(32-48(43)52(2,3)46(40)26-33)42-28-34-21-22-38(27-35(34)29-47(42)53(49,4)5)54(36-14-8-6-9-15-36)39-23-25-51-45(30-39)41-18-12-13-19-50(41)55(51)37-16-10-7-11-17-37;1-3-9-19(10-4-1)17-20-15-16-25-23(18-20)22-13-7-8-14-24(22)26(25)21-11-5-2-6-12-21/h6-32H,1-5H3;1-16,18H,17H2. The summed E-state index contributed by atoms with van der Waals surface area (Å²) in [7, 11) is 0. The molecule has 2 aromatic heterocycles. The maximum Gasteiger partial charge on any atom is 0.0542 e. The molecule has 3 heteroatoms. The van der Waals surface area contributed by atoms with Crippen molar-refractivity contribution in [1.82, 2.24) is 9.13 Å². The number of fused-ring (bicyclic) bond motifs is 13. The fourth-order valence-corrected chi connectivity index (χ4v) is 13.7. The van der Waals surface area contributed by atoms with Crippen LogP contribution in [0.3, 0.4) is 0 Å². The van der Waals surface area contributed by atoms with Crippen LogP contribution in [-0.4, -0.2) is 9.13 Å². The normalized spacial score (nSPS) is 13.5.